The maximum absolute atomic E-state index is 12.6. The Morgan fingerprint density at radius 1 is 0.963 bits per heavy atom. The van der Waals surface area contributed by atoms with Crippen LogP contribution >= 0.6 is 0 Å². The summed E-state index contributed by atoms with van der Waals surface area (Å²) in [5, 5.41) is 1.51. The highest BCUT2D eigenvalue weighted by molar-refractivity contribution is 5.98. The van der Waals surface area contributed by atoms with Crippen LogP contribution in [0.25, 0.3) is 22.0 Å². The second-order valence-electron chi connectivity index (χ2n) is 6.38. The van der Waals surface area contributed by atoms with Gasteiger partial charge in [-0.3, -0.25) is 4.79 Å². The fourth-order valence-corrected chi connectivity index (χ4v) is 3.32. The van der Waals surface area contributed by atoms with Gasteiger partial charge in [-0.1, -0.05) is 30.3 Å². The predicted molar refractivity (Wildman–Crippen MR) is 106 cm³/mol. The molecule has 0 aliphatic carbocycles. The second-order valence-corrected chi connectivity index (χ2v) is 6.38. The summed E-state index contributed by atoms with van der Waals surface area (Å²) >= 11 is 0. The van der Waals surface area contributed by atoms with Crippen LogP contribution in [0.2, 0.25) is 0 Å². The molecule has 4 aromatic rings. The summed E-state index contributed by atoms with van der Waals surface area (Å²) in [5.41, 5.74) is 3.18. The molecule has 0 saturated carbocycles. The van der Waals surface area contributed by atoms with E-state index in [-0.39, 0.29) is 5.56 Å². The first-order valence-corrected chi connectivity index (χ1v) is 8.73. The van der Waals surface area contributed by atoms with Crippen LogP contribution in [0.4, 0.5) is 0 Å². The van der Waals surface area contributed by atoms with Crippen molar-refractivity contribution in [3.8, 4) is 22.8 Å². The summed E-state index contributed by atoms with van der Waals surface area (Å²) < 4.78 is 11.3. The second kappa shape index (κ2) is 7.13. The molecule has 0 aliphatic rings. The number of benzene rings is 2. The SMILES string of the molecule is COCc1cc2c(-c3ccccc3Oc3ccccc3)[nH]c(C)c2c(=O)[nH]1. The highest BCUT2D eigenvalue weighted by Gasteiger charge is 2.17. The molecule has 2 aromatic heterocycles. The van der Waals surface area contributed by atoms with Gasteiger partial charge in [-0.15, -0.1) is 0 Å². The van der Waals surface area contributed by atoms with Crippen molar-refractivity contribution in [2.24, 2.45) is 0 Å². The van der Waals surface area contributed by atoms with Crippen LogP contribution < -0.4 is 10.3 Å². The summed E-state index contributed by atoms with van der Waals surface area (Å²) in [6.07, 6.45) is 0. The third kappa shape index (κ3) is 3.25. The van der Waals surface area contributed by atoms with Gasteiger partial charge in [-0.2, -0.15) is 0 Å². The van der Waals surface area contributed by atoms with E-state index in [0.29, 0.717) is 12.0 Å². The van der Waals surface area contributed by atoms with Crippen LogP contribution in [0.1, 0.15) is 11.4 Å². The zero-order chi connectivity index (χ0) is 18.8. The van der Waals surface area contributed by atoms with Gasteiger partial charge in [0.25, 0.3) is 5.56 Å². The van der Waals surface area contributed by atoms with E-state index in [4.69, 9.17) is 9.47 Å². The van der Waals surface area contributed by atoms with Crippen LogP contribution in [0.5, 0.6) is 11.5 Å². The normalized spacial score (nSPS) is 11.0. The minimum atomic E-state index is -0.124. The maximum atomic E-state index is 12.6. The minimum absolute atomic E-state index is 0.124. The molecule has 27 heavy (non-hydrogen) atoms. The fourth-order valence-electron chi connectivity index (χ4n) is 3.32. The van der Waals surface area contributed by atoms with Gasteiger partial charge in [0.15, 0.2) is 0 Å². The molecule has 4 rings (SSSR count). The number of H-pyrrole nitrogens is 2. The van der Waals surface area contributed by atoms with Gasteiger partial charge in [0.05, 0.1) is 17.7 Å². The molecule has 0 unspecified atom stereocenters. The number of methoxy groups -OCH3 is 1. The number of ether oxygens (including phenoxy) is 2. The highest BCUT2D eigenvalue weighted by Crippen LogP contribution is 2.37. The molecule has 2 aromatic carbocycles. The number of nitrogens with one attached hydrogen (secondary N) is 2. The number of rotatable bonds is 5. The van der Waals surface area contributed by atoms with Gasteiger partial charge in [-0.25, -0.2) is 0 Å². The Morgan fingerprint density at radius 2 is 1.70 bits per heavy atom. The molecule has 5 heteroatoms. The van der Waals surface area contributed by atoms with E-state index in [1.54, 1.807) is 7.11 Å². The monoisotopic (exact) mass is 360 g/mol. The summed E-state index contributed by atoms with van der Waals surface area (Å²) in [5.74, 6) is 1.48. The molecular weight excluding hydrogens is 340 g/mol. The highest BCUT2D eigenvalue weighted by atomic mass is 16.5. The number of hydrogen-bond acceptors (Lipinski definition) is 3. The number of aromatic amines is 2. The van der Waals surface area contributed by atoms with Crippen LogP contribution in [-0.4, -0.2) is 17.1 Å². The van der Waals surface area contributed by atoms with E-state index in [1.165, 1.54) is 0 Å². The zero-order valence-electron chi connectivity index (χ0n) is 15.2. The van der Waals surface area contributed by atoms with Crippen molar-refractivity contribution < 1.29 is 9.47 Å². The molecule has 0 fully saturated rings. The Morgan fingerprint density at radius 3 is 2.48 bits per heavy atom. The molecule has 0 amide bonds. The summed E-state index contributed by atoms with van der Waals surface area (Å²) in [6, 6.07) is 19.4. The van der Waals surface area contributed by atoms with Gasteiger partial charge in [0.2, 0.25) is 0 Å². The van der Waals surface area contributed by atoms with Crippen molar-refractivity contribution in [3.63, 3.8) is 0 Å². The number of aromatic nitrogens is 2. The quantitative estimate of drug-likeness (QED) is 0.539. The predicted octanol–water partition coefficient (Wildman–Crippen LogP) is 4.77. The molecule has 5 nitrogen and oxygen atoms in total. The van der Waals surface area contributed by atoms with Crippen molar-refractivity contribution >= 4 is 10.8 Å². The minimum Gasteiger partial charge on any atom is -0.457 e. The number of hydrogen-bond donors (Lipinski definition) is 2. The van der Waals surface area contributed by atoms with Crippen LogP contribution in [0, 0.1) is 6.92 Å². The van der Waals surface area contributed by atoms with E-state index in [1.807, 2.05) is 67.6 Å². The molecule has 2 heterocycles. The molecule has 2 N–H and O–H groups in total. The molecule has 0 saturated heterocycles. The van der Waals surface area contributed by atoms with E-state index < -0.39 is 0 Å². The van der Waals surface area contributed by atoms with Gasteiger partial charge in [-0.05, 0) is 37.3 Å². The van der Waals surface area contributed by atoms with Crippen molar-refractivity contribution in [3.05, 3.63) is 82.4 Å². The van der Waals surface area contributed by atoms with Crippen molar-refractivity contribution in [2.45, 2.75) is 13.5 Å². The molecule has 0 bridgehead atoms. The number of fused-ring (bicyclic) bond motifs is 1. The Kier molecular flexibility index (Phi) is 4.52. The lowest BCUT2D eigenvalue weighted by molar-refractivity contribution is 0.181. The molecule has 0 aliphatic heterocycles. The molecule has 0 spiro atoms. The number of para-hydroxylation sites is 2. The van der Waals surface area contributed by atoms with Crippen molar-refractivity contribution in [1.82, 2.24) is 9.97 Å². The fraction of sp³-hybridized carbons (Fsp3) is 0.136. The Balaban J connectivity index is 1.89. The van der Waals surface area contributed by atoms with E-state index in [2.05, 4.69) is 9.97 Å². The lowest BCUT2D eigenvalue weighted by atomic mass is 10.1. The summed E-state index contributed by atoms with van der Waals surface area (Å²) in [6.45, 7) is 2.24. The third-order valence-corrected chi connectivity index (χ3v) is 4.47. The van der Waals surface area contributed by atoms with Gasteiger partial charge < -0.3 is 19.4 Å². The first kappa shape index (κ1) is 17.1. The van der Waals surface area contributed by atoms with Gasteiger partial charge >= 0.3 is 0 Å². The van der Waals surface area contributed by atoms with E-state index in [9.17, 15) is 4.79 Å². The van der Waals surface area contributed by atoms with Gasteiger partial charge in [0, 0.05) is 29.4 Å². The molecule has 0 atom stereocenters. The van der Waals surface area contributed by atoms with Crippen LogP contribution in [0.3, 0.4) is 0 Å². The lowest BCUT2D eigenvalue weighted by Gasteiger charge is -2.11. The topological polar surface area (TPSA) is 67.1 Å². The number of pyridine rings is 1. The standard InChI is InChI=1S/C22H20N2O3/c1-14-20-18(12-15(13-26-2)24-22(20)25)21(23-14)17-10-6-7-11-19(17)27-16-8-4-3-5-9-16/h3-12,23H,13H2,1-2H3,(H,24,25). The average molecular weight is 360 g/mol. The molecular formula is C22H20N2O3. The molecule has 0 radical (unpaired) electrons. The largest absolute Gasteiger partial charge is 0.457 e. The maximum Gasteiger partial charge on any atom is 0.257 e. The van der Waals surface area contributed by atoms with Crippen molar-refractivity contribution in [2.75, 3.05) is 7.11 Å². The van der Waals surface area contributed by atoms with Crippen LogP contribution in [0.15, 0.2) is 65.5 Å². The van der Waals surface area contributed by atoms with E-state index in [0.717, 1.165) is 39.5 Å². The Labute approximate surface area is 156 Å². The van der Waals surface area contributed by atoms with Crippen LogP contribution in [-0.2, 0) is 11.3 Å². The Bertz CT molecular complexity index is 1140. The number of aryl methyl sites for hydroxylation is 1. The lowest BCUT2D eigenvalue weighted by Crippen LogP contribution is -2.09. The average Bonchev–Trinajstić information content (AvgIpc) is 3.00. The molecule has 136 valence electrons. The zero-order valence-corrected chi connectivity index (χ0v) is 15.2. The summed E-state index contributed by atoms with van der Waals surface area (Å²) in [4.78, 5) is 18.8. The Hall–Kier alpha value is -3.31. The third-order valence-electron chi connectivity index (χ3n) is 4.47. The first-order valence-electron chi connectivity index (χ1n) is 8.73. The summed E-state index contributed by atoms with van der Waals surface area (Å²) in [7, 11) is 1.61. The first-order chi connectivity index (χ1) is 13.2. The van der Waals surface area contributed by atoms with Gasteiger partial charge in [0.1, 0.15) is 11.5 Å². The van der Waals surface area contributed by atoms with Crippen molar-refractivity contribution in [1.29, 1.82) is 0 Å². The van der Waals surface area contributed by atoms with E-state index >= 15 is 0 Å². The smallest absolute Gasteiger partial charge is 0.257 e.